The van der Waals surface area contributed by atoms with E-state index in [1.807, 2.05) is 0 Å². The molecule has 0 aromatic rings. The van der Waals surface area contributed by atoms with Gasteiger partial charge in [0.15, 0.2) is 0 Å². The number of hydrogen-bond acceptors (Lipinski definition) is 0. The molecular formula is C7H10. The molecule has 0 heteroatoms. The van der Waals surface area contributed by atoms with Crippen LogP contribution in [0.1, 0.15) is 19.8 Å². The van der Waals surface area contributed by atoms with E-state index in [4.69, 9.17) is 0 Å². The third-order valence-electron chi connectivity index (χ3n) is 1.03. The van der Waals surface area contributed by atoms with Gasteiger partial charge in [0.1, 0.15) is 0 Å². The Hall–Kier alpha value is -0.520. The van der Waals surface area contributed by atoms with E-state index >= 15 is 0 Å². The molecule has 0 atom stereocenters. The first-order valence-corrected chi connectivity index (χ1v) is 2.81. The first-order valence-electron chi connectivity index (χ1n) is 2.81. The van der Waals surface area contributed by atoms with Crippen molar-refractivity contribution < 1.29 is 0 Å². The highest BCUT2D eigenvalue weighted by molar-refractivity contribution is 5.46. The summed E-state index contributed by atoms with van der Waals surface area (Å²) in [4.78, 5) is 0. The van der Waals surface area contributed by atoms with Crippen molar-refractivity contribution >= 4 is 0 Å². The molecule has 0 aliphatic heterocycles. The molecule has 0 amide bonds. The minimum atomic E-state index is 1.24. The second-order valence-electron chi connectivity index (χ2n) is 1.83. The van der Waals surface area contributed by atoms with Gasteiger partial charge in [-0.3, -0.25) is 0 Å². The molecule has 0 aromatic heterocycles. The Kier molecular flexibility index (Phi) is 1.30. The number of unbranched alkanes of at least 4 members (excludes halogenated alkanes) is 1. The lowest BCUT2D eigenvalue weighted by atomic mass is 10.3. The van der Waals surface area contributed by atoms with Gasteiger partial charge in [-0.05, 0) is 12.0 Å². The number of allylic oxidation sites excluding steroid dienone is 4. The zero-order valence-corrected chi connectivity index (χ0v) is 4.65. The topological polar surface area (TPSA) is 0 Å². The van der Waals surface area contributed by atoms with Crippen LogP contribution in [-0.2, 0) is 0 Å². The van der Waals surface area contributed by atoms with Crippen molar-refractivity contribution in [1.82, 2.24) is 0 Å². The van der Waals surface area contributed by atoms with Gasteiger partial charge in [-0.2, -0.15) is 0 Å². The van der Waals surface area contributed by atoms with Crippen LogP contribution in [0.2, 0.25) is 0 Å². The average molecular weight is 94.2 g/mol. The van der Waals surface area contributed by atoms with Crippen LogP contribution in [0.5, 0.6) is 0 Å². The summed E-state index contributed by atoms with van der Waals surface area (Å²) in [6.07, 6.45) is 9.04. The molecule has 0 saturated carbocycles. The quantitative estimate of drug-likeness (QED) is 0.492. The van der Waals surface area contributed by atoms with E-state index in [1.54, 1.807) is 0 Å². The first kappa shape index (κ1) is 4.63. The SMILES string of the molecule is CCCC=C1C=C1. The van der Waals surface area contributed by atoms with Crippen molar-refractivity contribution in [2.75, 3.05) is 0 Å². The van der Waals surface area contributed by atoms with E-state index in [2.05, 4.69) is 25.2 Å². The monoisotopic (exact) mass is 94.1 g/mol. The van der Waals surface area contributed by atoms with Gasteiger partial charge in [-0.15, -0.1) is 0 Å². The summed E-state index contributed by atoms with van der Waals surface area (Å²) >= 11 is 0. The normalized spacial score (nSPS) is 14.7. The van der Waals surface area contributed by atoms with Gasteiger partial charge in [0.05, 0.1) is 0 Å². The molecule has 7 heavy (non-hydrogen) atoms. The molecule has 0 fully saturated rings. The highest BCUT2D eigenvalue weighted by atomic mass is 14.0. The molecule has 1 aliphatic carbocycles. The maximum absolute atomic E-state index is 2.26. The molecule has 0 spiro atoms. The third kappa shape index (κ3) is 1.58. The van der Waals surface area contributed by atoms with Crippen molar-refractivity contribution in [3.8, 4) is 0 Å². The van der Waals surface area contributed by atoms with Crippen LogP contribution in [0.4, 0.5) is 0 Å². The fraction of sp³-hybridized carbons (Fsp3) is 0.429. The minimum absolute atomic E-state index is 1.24. The molecule has 0 nitrogen and oxygen atoms in total. The highest BCUT2D eigenvalue weighted by Crippen LogP contribution is 2.14. The fourth-order valence-electron chi connectivity index (χ4n) is 0.495. The van der Waals surface area contributed by atoms with Crippen LogP contribution in [0.25, 0.3) is 0 Å². The highest BCUT2D eigenvalue weighted by Gasteiger charge is 1.94. The third-order valence-corrected chi connectivity index (χ3v) is 1.03. The van der Waals surface area contributed by atoms with E-state index in [9.17, 15) is 0 Å². The standard InChI is InChI=1S/C7H10/c1-2-3-4-7-5-6-7/h4-6H,2-3H2,1H3. The van der Waals surface area contributed by atoms with Crippen LogP contribution in [0.15, 0.2) is 23.8 Å². The van der Waals surface area contributed by atoms with Crippen LogP contribution in [-0.4, -0.2) is 0 Å². The van der Waals surface area contributed by atoms with Gasteiger partial charge in [0, 0.05) is 0 Å². The molecule has 38 valence electrons. The molecule has 0 aromatic carbocycles. The molecule has 1 aliphatic rings. The number of rotatable bonds is 2. The minimum Gasteiger partial charge on any atom is -0.0773 e. The van der Waals surface area contributed by atoms with Gasteiger partial charge in [-0.1, -0.05) is 31.6 Å². The Labute approximate surface area is 44.5 Å². The van der Waals surface area contributed by atoms with Crippen LogP contribution < -0.4 is 0 Å². The molecule has 0 heterocycles. The van der Waals surface area contributed by atoms with Crippen molar-refractivity contribution in [2.45, 2.75) is 19.8 Å². The zero-order valence-electron chi connectivity index (χ0n) is 4.65. The van der Waals surface area contributed by atoms with Crippen LogP contribution in [0, 0.1) is 0 Å². The maximum atomic E-state index is 2.26. The summed E-state index contributed by atoms with van der Waals surface area (Å²) in [6, 6.07) is 0. The molecule has 1 rings (SSSR count). The lowest BCUT2D eigenvalue weighted by Crippen LogP contribution is -1.58. The van der Waals surface area contributed by atoms with Crippen molar-refractivity contribution in [3.05, 3.63) is 23.8 Å². The lowest BCUT2D eigenvalue weighted by molar-refractivity contribution is 0.957. The molecule has 0 radical (unpaired) electrons. The molecule has 0 bridgehead atoms. The Morgan fingerprint density at radius 2 is 2.29 bits per heavy atom. The van der Waals surface area contributed by atoms with Crippen molar-refractivity contribution in [3.63, 3.8) is 0 Å². The summed E-state index contributed by atoms with van der Waals surface area (Å²) in [5.41, 5.74) is 1.43. The van der Waals surface area contributed by atoms with Gasteiger partial charge in [-0.25, -0.2) is 0 Å². The predicted molar refractivity (Wildman–Crippen MR) is 32.1 cm³/mol. The Morgan fingerprint density at radius 1 is 1.57 bits per heavy atom. The second kappa shape index (κ2) is 1.97. The summed E-state index contributed by atoms with van der Waals surface area (Å²) in [5.74, 6) is 0. The summed E-state index contributed by atoms with van der Waals surface area (Å²) in [7, 11) is 0. The Morgan fingerprint density at radius 3 is 2.71 bits per heavy atom. The number of hydrogen-bond donors (Lipinski definition) is 0. The largest absolute Gasteiger partial charge is 0.0773 e. The van der Waals surface area contributed by atoms with E-state index in [1.165, 1.54) is 18.4 Å². The van der Waals surface area contributed by atoms with Gasteiger partial charge in [0.2, 0.25) is 0 Å². The van der Waals surface area contributed by atoms with Gasteiger partial charge >= 0.3 is 0 Å². The zero-order chi connectivity index (χ0) is 5.11. The Balaban J connectivity index is 2.09. The van der Waals surface area contributed by atoms with E-state index in [0.29, 0.717) is 0 Å². The first-order chi connectivity index (χ1) is 3.43. The molecule has 0 saturated heterocycles. The molecular weight excluding hydrogens is 84.1 g/mol. The van der Waals surface area contributed by atoms with Crippen LogP contribution in [0.3, 0.4) is 0 Å². The van der Waals surface area contributed by atoms with Gasteiger partial charge in [0.25, 0.3) is 0 Å². The maximum Gasteiger partial charge on any atom is -0.0296 e. The van der Waals surface area contributed by atoms with Gasteiger partial charge < -0.3 is 0 Å². The van der Waals surface area contributed by atoms with E-state index in [0.717, 1.165) is 0 Å². The van der Waals surface area contributed by atoms with Crippen LogP contribution >= 0.6 is 0 Å². The van der Waals surface area contributed by atoms with E-state index in [-0.39, 0.29) is 0 Å². The Bertz CT molecular complexity index is 99.2. The second-order valence-corrected chi connectivity index (χ2v) is 1.83. The summed E-state index contributed by atoms with van der Waals surface area (Å²) < 4.78 is 0. The summed E-state index contributed by atoms with van der Waals surface area (Å²) in [6.45, 7) is 2.19. The predicted octanol–water partition coefficient (Wildman–Crippen LogP) is 2.28. The van der Waals surface area contributed by atoms with Crippen molar-refractivity contribution in [1.29, 1.82) is 0 Å². The smallest absolute Gasteiger partial charge is 0.0296 e. The van der Waals surface area contributed by atoms with E-state index < -0.39 is 0 Å². The summed E-state index contributed by atoms with van der Waals surface area (Å²) in [5, 5.41) is 0. The lowest BCUT2D eigenvalue weighted by Gasteiger charge is -1.78. The molecule has 0 N–H and O–H groups in total. The average Bonchev–Trinajstić information content (AvgIpc) is 2.42. The van der Waals surface area contributed by atoms with Crippen molar-refractivity contribution in [2.24, 2.45) is 0 Å². The fourth-order valence-corrected chi connectivity index (χ4v) is 0.495. The molecule has 0 unspecified atom stereocenters.